The molecule has 3 heteroatoms. The number of allylic oxidation sites excluding steroid dienone is 4. The molecule has 170 valence electrons. The highest BCUT2D eigenvalue weighted by Crippen LogP contribution is 2.35. The van der Waals surface area contributed by atoms with E-state index in [4.69, 9.17) is 9.98 Å². The van der Waals surface area contributed by atoms with Gasteiger partial charge in [0, 0.05) is 29.4 Å². The molecule has 1 heterocycles. The van der Waals surface area contributed by atoms with E-state index in [0.29, 0.717) is 5.92 Å². The Balaban J connectivity index is 1.59. The number of fused-ring (bicyclic) bond motifs is 2. The predicted octanol–water partition coefficient (Wildman–Crippen LogP) is 8.15. The zero-order chi connectivity index (χ0) is 23.8. The second-order valence-corrected chi connectivity index (χ2v) is 9.33. The molecule has 0 saturated carbocycles. The lowest BCUT2D eigenvalue weighted by Gasteiger charge is -2.18. The van der Waals surface area contributed by atoms with Crippen LogP contribution in [0.4, 0.5) is 5.69 Å². The molecule has 0 spiro atoms. The van der Waals surface area contributed by atoms with E-state index in [1.54, 1.807) is 0 Å². The fourth-order valence-electron chi connectivity index (χ4n) is 5.04. The van der Waals surface area contributed by atoms with E-state index in [0.717, 1.165) is 34.9 Å². The number of benzene rings is 3. The van der Waals surface area contributed by atoms with Crippen molar-refractivity contribution in [1.82, 2.24) is 4.57 Å². The lowest BCUT2D eigenvalue weighted by molar-refractivity contribution is 0.669. The van der Waals surface area contributed by atoms with E-state index < -0.39 is 0 Å². The fourth-order valence-corrected chi connectivity index (χ4v) is 5.04. The van der Waals surface area contributed by atoms with Gasteiger partial charge in [-0.25, -0.2) is 0 Å². The van der Waals surface area contributed by atoms with Crippen LogP contribution in [-0.2, 0) is 7.05 Å². The van der Waals surface area contributed by atoms with Crippen LogP contribution in [0, 0.1) is 5.92 Å². The topological polar surface area (TPSA) is 29.6 Å². The average molecular weight is 446 g/mol. The predicted molar refractivity (Wildman–Crippen MR) is 147 cm³/mol. The lowest BCUT2D eigenvalue weighted by Crippen LogP contribution is -2.11. The van der Waals surface area contributed by atoms with Gasteiger partial charge >= 0.3 is 0 Å². The standard InChI is InChI=1S/C31H31N3/c1-20-11-10-12-21(2)30(20)32-22(3)28-17-18-29(34(28)5)23(4)33-31-26-15-8-6-13-24(26)19-25-14-7-9-16-27(25)31/h6-11,13-19,21H,12H2,1-5H3. The van der Waals surface area contributed by atoms with E-state index in [2.05, 4.69) is 118 Å². The molecule has 1 aliphatic carbocycles. The molecule has 0 fully saturated rings. The number of hydrogen-bond acceptors (Lipinski definition) is 2. The van der Waals surface area contributed by atoms with E-state index in [9.17, 15) is 0 Å². The molecule has 0 amide bonds. The van der Waals surface area contributed by atoms with Crippen molar-refractivity contribution in [3.63, 3.8) is 0 Å². The molecule has 0 bridgehead atoms. The molecule has 0 N–H and O–H groups in total. The van der Waals surface area contributed by atoms with Gasteiger partial charge in [0.15, 0.2) is 0 Å². The van der Waals surface area contributed by atoms with Crippen molar-refractivity contribution in [2.75, 3.05) is 0 Å². The Morgan fingerprint density at radius 2 is 1.38 bits per heavy atom. The molecule has 0 saturated heterocycles. The molecule has 3 aromatic carbocycles. The third-order valence-corrected chi connectivity index (χ3v) is 6.90. The molecular formula is C31H31N3. The first-order valence-electron chi connectivity index (χ1n) is 12.0. The molecule has 0 aliphatic heterocycles. The van der Waals surface area contributed by atoms with Crippen LogP contribution >= 0.6 is 0 Å². The molecule has 3 nitrogen and oxygen atoms in total. The van der Waals surface area contributed by atoms with Crippen molar-refractivity contribution < 1.29 is 0 Å². The molecule has 1 aliphatic rings. The largest absolute Gasteiger partial charge is 0.342 e. The van der Waals surface area contributed by atoms with E-state index in [1.165, 1.54) is 32.8 Å². The molecular weight excluding hydrogens is 414 g/mol. The van der Waals surface area contributed by atoms with Crippen LogP contribution in [-0.4, -0.2) is 16.0 Å². The molecule has 1 atom stereocenters. The first kappa shape index (κ1) is 22.1. The van der Waals surface area contributed by atoms with Crippen molar-refractivity contribution in [3.8, 4) is 0 Å². The van der Waals surface area contributed by atoms with Crippen LogP contribution in [0.5, 0.6) is 0 Å². The Hall–Kier alpha value is -3.72. The number of aliphatic imine (C=N–C) groups is 2. The van der Waals surface area contributed by atoms with Gasteiger partial charge in [0.05, 0.1) is 28.5 Å². The Morgan fingerprint density at radius 3 is 1.97 bits per heavy atom. The fraction of sp³-hybridized carbons (Fsp3) is 0.226. The first-order chi connectivity index (χ1) is 16.4. The minimum Gasteiger partial charge on any atom is -0.342 e. The minimum atomic E-state index is 0.447. The summed E-state index contributed by atoms with van der Waals surface area (Å²) in [6, 6.07) is 23.6. The van der Waals surface area contributed by atoms with Gasteiger partial charge in [0.2, 0.25) is 0 Å². The Morgan fingerprint density at radius 1 is 0.824 bits per heavy atom. The summed E-state index contributed by atoms with van der Waals surface area (Å²) in [7, 11) is 2.11. The molecule has 0 radical (unpaired) electrons. The van der Waals surface area contributed by atoms with Crippen LogP contribution < -0.4 is 0 Å². The number of aromatic nitrogens is 1. The summed E-state index contributed by atoms with van der Waals surface area (Å²) in [5.41, 5.74) is 7.73. The van der Waals surface area contributed by atoms with Crippen LogP contribution in [0.25, 0.3) is 21.5 Å². The van der Waals surface area contributed by atoms with Crippen molar-refractivity contribution in [1.29, 1.82) is 0 Å². The van der Waals surface area contributed by atoms with Gasteiger partial charge in [-0.2, -0.15) is 0 Å². The van der Waals surface area contributed by atoms with Crippen LogP contribution in [0.3, 0.4) is 0 Å². The van der Waals surface area contributed by atoms with Gasteiger partial charge in [-0.05, 0) is 61.7 Å². The number of hydrogen-bond donors (Lipinski definition) is 0. The molecule has 5 rings (SSSR count). The number of rotatable bonds is 4. The average Bonchev–Trinajstić information content (AvgIpc) is 3.22. The van der Waals surface area contributed by atoms with Gasteiger partial charge in [-0.15, -0.1) is 0 Å². The first-order valence-corrected chi connectivity index (χ1v) is 12.0. The van der Waals surface area contributed by atoms with E-state index >= 15 is 0 Å². The van der Waals surface area contributed by atoms with Crippen LogP contribution in [0.1, 0.15) is 45.5 Å². The van der Waals surface area contributed by atoms with Crippen LogP contribution in [0.2, 0.25) is 0 Å². The molecule has 34 heavy (non-hydrogen) atoms. The third-order valence-electron chi connectivity index (χ3n) is 6.90. The monoisotopic (exact) mass is 445 g/mol. The Bertz CT molecular complexity index is 1470. The summed E-state index contributed by atoms with van der Waals surface area (Å²) >= 11 is 0. The van der Waals surface area contributed by atoms with Gasteiger partial charge in [0.1, 0.15) is 0 Å². The molecule has 4 aromatic rings. The van der Waals surface area contributed by atoms with Gasteiger partial charge in [-0.1, -0.05) is 67.6 Å². The summed E-state index contributed by atoms with van der Waals surface area (Å²) in [5.74, 6) is 0.447. The maximum atomic E-state index is 5.20. The van der Waals surface area contributed by atoms with E-state index in [1.807, 2.05) is 0 Å². The lowest BCUT2D eigenvalue weighted by atomic mass is 9.94. The summed E-state index contributed by atoms with van der Waals surface area (Å²) in [6.45, 7) is 8.61. The van der Waals surface area contributed by atoms with Crippen LogP contribution in [0.15, 0.2) is 100 Å². The summed E-state index contributed by atoms with van der Waals surface area (Å²) in [5, 5.41) is 4.77. The highest BCUT2D eigenvalue weighted by atomic mass is 15.0. The second-order valence-electron chi connectivity index (χ2n) is 9.33. The van der Waals surface area contributed by atoms with Crippen molar-refractivity contribution in [3.05, 3.63) is 102 Å². The normalized spacial score (nSPS) is 17.3. The maximum absolute atomic E-state index is 5.20. The van der Waals surface area contributed by atoms with Crippen molar-refractivity contribution >= 4 is 38.7 Å². The molecule has 1 unspecified atom stereocenters. The quantitative estimate of drug-likeness (QED) is 0.224. The highest BCUT2D eigenvalue weighted by molar-refractivity contribution is 6.13. The Kier molecular flexibility index (Phi) is 5.79. The van der Waals surface area contributed by atoms with E-state index in [-0.39, 0.29) is 0 Å². The summed E-state index contributed by atoms with van der Waals surface area (Å²) < 4.78 is 2.21. The second kappa shape index (κ2) is 8.90. The van der Waals surface area contributed by atoms with Gasteiger partial charge in [-0.3, -0.25) is 9.98 Å². The summed E-state index contributed by atoms with van der Waals surface area (Å²) in [4.78, 5) is 10.2. The van der Waals surface area contributed by atoms with Crippen molar-refractivity contribution in [2.45, 2.75) is 34.1 Å². The summed E-state index contributed by atoms with van der Waals surface area (Å²) in [6.07, 6.45) is 5.48. The SMILES string of the molecule is CC(=NC1=C(C)C=CCC1C)c1ccc(C(C)=Nc2c3ccccc3cc3ccccc23)n1C. The van der Waals surface area contributed by atoms with Crippen molar-refractivity contribution in [2.24, 2.45) is 23.0 Å². The smallest absolute Gasteiger partial charge is 0.0790 e. The Labute approximate surface area is 201 Å². The zero-order valence-electron chi connectivity index (χ0n) is 20.6. The van der Waals surface area contributed by atoms with Gasteiger partial charge < -0.3 is 4.57 Å². The molecule has 1 aromatic heterocycles. The third kappa shape index (κ3) is 3.92. The van der Waals surface area contributed by atoms with Gasteiger partial charge in [0.25, 0.3) is 0 Å². The number of nitrogens with zero attached hydrogens (tertiary/aromatic N) is 3. The zero-order valence-corrected chi connectivity index (χ0v) is 20.6. The minimum absolute atomic E-state index is 0.447. The maximum Gasteiger partial charge on any atom is 0.0790 e. The highest BCUT2D eigenvalue weighted by Gasteiger charge is 2.16.